The van der Waals surface area contributed by atoms with E-state index in [2.05, 4.69) is 10.3 Å². The second kappa shape index (κ2) is 6.95. The van der Waals surface area contributed by atoms with Gasteiger partial charge in [0.15, 0.2) is 0 Å². The van der Waals surface area contributed by atoms with Crippen molar-refractivity contribution >= 4 is 5.97 Å². The van der Waals surface area contributed by atoms with E-state index in [4.69, 9.17) is 4.74 Å². The molecule has 0 bridgehead atoms. The summed E-state index contributed by atoms with van der Waals surface area (Å²) < 4.78 is 4.91. The molecular weight excluding hydrogens is 204 g/mol. The van der Waals surface area contributed by atoms with Crippen LogP contribution in [0, 0.1) is 5.92 Å². The van der Waals surface area contributed by atoms with E-state index in [0.717, 1.165) is 5.69 Å². The van der Waals surface area contributed by atoms with Gasteiger partial charge in [0.25, 0.3) is 0 Å². The predicted octanol–water partition coefficient (Wildman–Crippen LogP) is 1.37. The van der Waals surface area contributed by atoms with Gasteiger partial charge in [0.2, 0.25) is 0 Å². The first kappa shape index (κ1) is 12.6. The predicted molar refractivity (Wildman–Crippen MR) is 61.7 cm³/mol. The van der Waals surface area contributed by atoms with Crippen molar-refractivity contribution < 1.29 is 9.53 Å². The van der Waals surface area contributed by atoms with Crippen LogP contribution in [-0.4, -0.2) is 24.1 Å². The zero-order chi connectivity index (χ0) is 11.8. The van der Waals surface area contributed by atoms with Gasteiger partial charge in [-0.1, -0.05) is 13.0 Å². The number of hydrogen-bond donors (Lipinski definition) is 1. The van der Waals surface area contributed by atoms with Gasteiger partial charge in [-0.15, -0.1) is 0 Å². The minimum absolute atomic E-state index is 0.122. The molecule has 0 amide bonds. The lowest BCUT2D eigenvalue weighted by atomic mass is 10.2. The number of pyridine rings is 1. The van der Waals surface area contributed by atoms with Crippen LogP contribution in [0.1, 0.15) is 19.5 Å². The summed E-state index contributed by atoms with van der Waals surface area (Å²) in [6.07, 6.45) is 1.76. The maximum Gasteiger partial charge on any atom is 0.309 e. The van der Waals surface area contributed by atoms with Crippen LogP contribution in [-0.2, 0) is 16.1 Å². The van der Waals surface area contributed by atoms with Crippen LogP contribution in [0.5, 0.6) is 0 Å². The van der Waals surface area contributed by atoms with E-state index in [9.17, 15) is 4.79 Å². The van der Waals surface area contributed by atoms with Gasteiger partial charge in [0.05, 0.1) is 18.2 Å². The third-order valence-corrected chi connectivity index (χ3v) is 2.17. The van der Waals surface area contributed by atoms with Crippen LogP contribution in [0.3, 0.4) is 0 Å². The van der Waals surface area contributed by atoms with Gasteiger partial charge in [-0.25, -0.2) is 0 Å². The summed E-state index contributed by atoms with van der Waals surface area (Å²) in [7, 11) is 0. The maximum absolute atomic E-state index is 11.3. The van der Waals surface area contributed by atoms with E-state index < -0.39 is 0 Å². The van der Waals surface area contributed by atoms with E-state index in [1.54, 1.807) is 6.20 Å². The standard InChI is InChI=1S/C12H18N2O2/c1-3-16-12(15)10(2)8-13-9-11-6-4-5-7-14-11/h4-7,10,13H,3,8-9H2,1-2H3. The number of esters is 1. The van der Waals surface area contributed by atoms with Crippen LogP contribution in [0.2, 0.25) is 0 Å². The second-order valence-electron chi connectivity index (χ2n) is 3.61. The first-order valence-corrected chi connectivity index (χ1v) is 5.51. The minimum Gasteiger partial charge on any atom is -0.466 e. The highest BCUT2D eigenvalue weighted by atomic mass is 16.5. The van der Waals surface area contributed by atoms with Crippen molar-refractivity contribution in [2.24, 2.45) is 5.92 Å². The van der Waals surface area contributed by atoms with Gasteiger partial charge in [-0.05, 0) is 19.1 Å². The number of aromatic nitrogens is 1. The molecule has 1 rings (SSSR count). The van der Waals surface area contributed by atoms with Gasteiger partial charge >= 0.3 is 5.97 Å². The second-order valence-corrected chi connectivity index (χ2v) is 3.61. The van der Waals surface area contributed by atoms with E-state index in [-0.39, 0.29) is 11.9 Å². The van der Waals surface area contributed by atoms with Crippen LogP contribution in [0.25, 0.3) is 0 Å². The van der Waals surface area contributed by atoms with Crippen molar-refractivity contribution in [2.75, 3.05) is 13.2 Å². The Morgan fingerprint density at radius 3 is 3.00 bits per heavy atom. The van der Waals surface area contributed by atoms with Crippen molar-refractivity contribution in [1.82, 2.24) is 10.3 Å². The molecule has 16 heavy (non-hydrogen) atoms. The maximum atomic E-state index is 11.3. The molecule has 4 heteroatoms. The molecule has 1 aromatic rings. The molecule has 0 aliphatic rings. The van der Waals surface area contributed by atoms with Crippen LogP contribution < -0.4 is 5.32 Å². The van der Waals surface area contributed by atoms with Crippen molar-refractivity contribution in [2.45, 2.75) is 20.4 Å². The summed E-state index contributed by atoms with van der Waals surface area (Å²) in [5.74, 6) is -0.278. The Kier molecular flexibility index (Phi) is 5.50. The Morgan fingerprint density at radius 2 is 2.38 bits per heavy atom. The number of hydrogen-bond acceptors (Lipinski definition) is 4. The van der Waals surface area contributed by atoms with Gasteiger partial charge < -0.3 is 10.1 Å². The fraction of sp³-hybridized carbons (Fsp3) is 0.500. The summed E-state index contributed by atoms with van der Waals surface area (Å²) in [6.45, 7) is 5.37. The molecule has 0 fully saturated rings. The van der Waals surface area contributed by atoms with Crippen molar-refractivity contribution in [1.29, 1.82) is 0 Å². The third-order valence-electron chi connectivity index (χ3n) is 2.17. The quantitative estimate of drug-likeness (QED) is 0.739. The topological polar surface area (TPSA) is 51.2 Å². The van der Waals surface area contributed by atoms with Crippen molar-refractivity contribution in [3.63, 3.8) is 0 Å². The smallest absolute Gasteiger partial charge is 0.309 e. The summed E-state index contributed by atoms with van der Waals surface area (Å²) in [5.41, 5.74) is 0.971. The van der Waals surface area contributed by atoms with Crippen LogP contribution in [0.15, 0.2) is 24.4 Å². The Labute approximate surface area is 96.0 Å². The molecule has 1 unspecified atom stereocenters. The van der Waals surface area contributed by atoms with Gasteiger partial charge in [0.1, 0.15) is 0 Å². The molecule has 1 N–H and O–H groups in total. The van der Waals surface area contributed by atoms with Crippen molar-refractivity contribution in [3.05, 3.63) is 30.1 Å². The molecular formula is C12H18N2O2. The fourth-order valence-corrected chi connectivity index (χ4v) is 1.29. The first-order chi connectivity index (χ1) is 7.74. The largest absolute Gasteiger partial charge is 0.466 e. The molecule has 0 aromatic carbocycles. The summed E-state index contributed by atoms with van der Waals surface area (Å²) in [4.78, 5) is 15.5. The highest BCUT2D eigenvalue weighted by molar-refractivity contribution is 5.72. The molecule has 4 nitrogen and oxygen atoms in total. The summed E-state index contributed by atoms with van der Waals surface area (Å²) >= 11 is 0. The Hall–Kier alpha value is -1.42. The fourth-order valence-electron chi connectivity index (χ4n) is 1.29. The van der Waals surface area contributed by atoms with Crippen LogP contribution in [0.4, 0.5) is 0 Å². The normalized spacial score (nSPS) is 12.1. The van der Waals surface area contributed by atoms with Crippen molar-refractivity contribution in [3.8, 4) is 0 Å². The molecule has 0 saturated heterocycles. The molecule has 0 spiro atoms. The molecule has 1 aromatic heterocycles. The average Bonchev–Trinajstić information content (AvgIpc) is 2.30. The zero-order valence-corrected chi connectivity index (χ0v) is 9.77. The molecule has 0 radical (unpaired) electrons. The van der Waals surface area contributed by atoms with Gasteiger partial charge in [-0.2, -0.15) is 0 Å². The van der Waals surface area contributed by atoms with Gasteiger partial charge in [-0.3, -0.25) is 9.78 Å². The van der Waals surface area contributed by atoms with E-state index >= 15 is 0 Å². The Morgan fingerprint density at radius 1 is 1.56 bits per heavy atom. The van der Waals surface area contributed by atoms with Gasteiger partial charge in [0, 0.05) is 19.3 Å². The van der Waals surface area contributed by atoms with E-state index in [1.165, 1.54) is 0 Å². The first-order valence-electron chi connectivity index (χ1n) is 5.51. The Bertz CT molecular complexity index is 314. The molecule has 0 saturated carbocycles. The third kappa shape index (κ3) is 4.40. The molecule has 1 atom stereocenters. The summed E-state index contributed by atoms with van der Waals surface area (Å²) in [6, 6.07) is 5.77. The minimum atomic E-state index is -0.156. The number of nitrogens with one attached hydrogen (secondary N) is 1. The number of rotatable bonds is 6. The number of ether oxygens (including phenoxy) is 1. The van der Waals surface area contributed by atoms with E-state index in [1.807, 2.05) is 32.0 Å². The highest BCUT2D eigenvalue weighted by Gasteiger charge is 2.12. The number of carbonyl (C=O) groups is 1. The molecule has 0 aliphatic carbocycles. The Balaban J connectivity index is 2.23. The SMILES string of the molecule is CCOC(=O)C(C)CNCc1ccccn1. The van der Waals surface area contributed by atoms with Crippen LogP contribution >= 0.6 is 0 Å². The lowest BCUT2D eigenvalue weighted by Crippen LogP contribution is -2.27. The van der Waals surface area contributed by atoms with E-state index in [0.29, 0.717) is 19.7 Å². The zero-order valence-electron chi connectivity index (χ0n) is 9.77. The molecule has 88 valence electrons. The highest BCUT2D eigenvalue weighted by Crippen LogP contribution is 1.98. The monoisotopic (exact) mass is 222 g/mol. The average molecular weight is 222 g/mol. The number of nitrogens with zero attached hydrogens (tertiary/aromatic N) is 1. The number of carbonyl (C=O) groups excluding carboxylic acids is 1. The molecule has 1 heterocycles. The summed E-state index contributed by atoms with van der Waals surface area (Å²) in [5, 5.41) is 3.18. The lowest BCUT2D eigenvalue weighted by Gasteiger charge is -2.11. The lowest BCUT2D eigenvalue weighted by molar-refractivity contribution is -0.147. The molecule has 0 aliphatic heterocycles.